The molecule has 0 aliphatic heterocycles. The average molecular weight is 286 g/mol. The molecule has 0 N–H and O–H groups in total. The van der Waals surface area contributed by atoms with E-state index in [4.69, 9.17) is 4.74 Å². The summed E-state index contributed by atoms with van der Waals surface area (Å²) in [7, 11) is 0. The van der Waals surface area contributed by atoms with Crippen LogP contribution in [-0.2, 0) is 4.74 Å². The van der Waals surface area contributed by atoms with Crippen LogP contribution in [0.2, 0.25) is 0 Å². The van der Waals surface area contributed by atoms with E-state index < -0.39 is 0 Å². The summed E-state index contributed by atoms with van der Waals surface area (Å²) < 4.78 is 4.83. The van der Waals surface area contributed by atoms with Gasteiger partial charge in [0, 0.05) is 13.2 Å². The van der Waals surface area contributed by atoms with Gasteiger partial charge in [-0.25, -0.2) is 0 Å². The van der Waals surface area contributed by atoms with Gasteiger partial charge in [-0.3, -0.25) is 0 Å². The molecule has 2 aromatic carbocycles. The van der Waals surface area contributed by atoms with E-state index in [0.717, 1.165) is 13.2 Å². The molecule has 0 aliphatic rings. The molecule has 0 amide bonds. The summed E-state index contributed by atoms with van der Waals surface area (Å²) in [6, 6.07) is 20.8. The molecule has 0 heterocycles. The van der Waals surface area contributed by atoms with Gasteiger partial charge in [-0.05, 0) is 25.0 Å². The second kappa shape index (κ2) is 14.8. The van der Waals surface area contributed by atoms with Gasteiger partial charge in [0.25, 0.3) is 0 Å². The highest BCUT2D eigenvalue weighted by molar-refractivity contribution is 5.62. The molecule has 2 aromatic rings. The zero-order valence-electron chi connectivity index (χ0n) is 14.0. The molecule has 0 spiro atoms. The first-order chi connectivity index (χ1) is 10.3. The average Bonchev–Trinajstić information content (AvgIpc) is 2.58. The molecule has 1 heteroatoms. The molecule has 0 atom stereocenters. The van der Waals surface area contributed by atoms with Gasteiger partial charge in [-0.15, -0.1) is 0 Å². The lowest BCUT2D eigenvalue weighted by molar-refractivity contribution is 0.162. The van der Waals surface area contributed by atoms with Crippen LogP contribution < -0.4 is 0 Å². The number of hydrogen-bond acceptors (Lipinski definition) is 1. The highest BCUT2D eigenvalue weighted by Gasteiger charge is 1.91. The SMILES string of the molecule is CCCC.CCOCC.c1ccc(-c2ccccc2)cc1. The Kier molecular flexibility index (Phi) is 13.7. The third-order valence-electron chi connectivity index (χ3n) is 2.79. The summed E-state index contributed by atoms with van der Waals surface area (Å²) in [6.07, 6.45) is 2.64. The molecule has 0 aliphatic carbocycles. The Morgan fingerprint density at radius 2 is 0.905 bits per heavy atom. The van der Waals surface area contributed by atoms with Crippen LogP contribution in [0.15, 0.2) is 60.7 Å². The molecule has 116 valence electrons. The molecule has 2 rings (SSSR count). The van der Waals surface area contributed by atoms with E-state index >= 15 is 0 Å². The van der Waals surface area contributed by atoms with Gasteiger partial charge in [0.2, 0.25) is 0 Å². The first-order valence-corrected chi connectivity index (χ1v) is 7.98. The summed E-state index contributed by atoms with van der Waals surface area (Å²) in [5, 5.41) is 0. The fraction of sp³-hybridized carbons (Fsp3) is 0.400. The fourth-order valence-corrected chi connectivity index (χ4v) is 1.47. The first-order valence-electron chi connectivity index (χ1n) is 7.98. The Morgan fingerprint density at radius 3 is 1.10 bits per heavy atom. The standard InChI is InChI=1S/C12H10.C4H10O.C4H10/c1-3-7-11(8-4-1)12-9-5-2-6-10-12;1-3-5-4-2;1-3-4-2/h1-10H;3-4H2,1-2H3;3-4H2,1-2H3. The van der Waals surface area contributed by atoms with Crippen LogP contribution >= 0.6 is 0 Å². The normalized spacial score (nSPS) is 8.95. The monoisotopic (exact) mass is 286 g/mol. The Bertz CT molecular complexity index is 367. The lowest BCUT2D eigenvalue weighted by Gasteiger charge is -1.98. The molecule has 0 saturated heterocycles. The number of ether oxygens (including phenoxy) is 1. The maximum atomic E-state index is 4.83. The van der Waals surface area contributed by atoms with Gasteiger partial charge in [-0.2, -0.15) is 0 Å². The number of unbranched alkanes of at least 4 members (excludes halogenated alkanes) is 1. The zero-order chi connectivity index (χ0) is 15.8. The van der Waals surface area contributed by atoms with Crippen LogP contribution in [-0.4, -0.2) is 13.2 Å². The minimum absolute atomic E-state index is 0.844. The van der Waals surface area contributed by atoms with E-state index in [1.165, 1.54) is 24.0 Å². The molecular weight excluding hydrogens is 256 g/mol. The Labute approximate surface area is 131 Å². The molecule has 0 bridgehead atoms. The zero-order valence-corrected chi connectivity index (χ0v) is 14.0. The van der Waals surface area contributed by atoms with Gasteiger partial charge >= 0.3 is 0 Å². The Balaban J connectivity index is 0.000000374. The fourth-order valence-electron chi connectivity index (χ4n) is 1.47. The van der Waals surface area contributed by atoms with Crippen molar-refractivity contribution in [1.82, 2.24) is 0 Å². The highest BCUT2D eigenvalue weighted by atomic mass is 16.5. The Hall–Kier alpha value is -1.60. The van der Waals surface area contributed by atoms with Crippen LogP contribution in [0.3, 0.4) is 0 Å². The summed E-state index contributed by atoms with van der Waals surface area (Å²) >= 11 is 0. The molecule has 0 aromatic heterocycles. The maximum absolute atomic E-state index is 4.83. The minimum atomic E-state index is 0.844. The van der Waals surface area contributed by atoms with E-state index in [9.17, 15) is 0 Å². The van der Waals surface area contributed by atoms with Crippen molar-refractivity contribution in [2.75, 3.05) is 13.2 Å². The predicted octanol–water partition coefficient (Wildman–Crippen LogP) is 6.20. The van der Waals surface area contributed by atoms with Crippen molar-refractivity contribution in [2.24, 2.45) is 0 Å². The van der Waals surface area contributed by atoms with Crippen LogP contribution in [0, 0.1) is 0 Å². The molecule has 0 radical (unpaired) electrons. The molecule has 0 fully saturated rings. The van der Waals surface area contributed by atoms with Gasteiger partial charge in [0.05, 0.1) is 0 Å². The third-order valence-corrected chi connectivity index (χ3v) is 2.79. The summed E-state index contributed by atoms with van der Waals surface area (Å²) in [6.45, 7) is 10.0. The molecule has 1 nitrogen and oxygen atoms in total. The first kappa shape index (κ1) is 19.4. The largest absolute Gasteiger partial charge is 0.382 e. The van der Waals surface area contributed by atoms with Gasteiger partial charge < -0.3 is 4.74 Å². The quantitative estimate of drug-likeness (QED) is 0.650. The second-order valence-corrected chi connectivity index (χ2v) is 4.51. The van der Waals surface area contributed by atoms with Crippen LogP contribution in [0.1, 0.15) is 40.5 Å². The van der Waals surface area contributed by atoms with Crippen molar-refractivity contribution in [2.45, 2.75) is 40.5 Å². The van der Waals surface area contributed by atoms with Gasteiger partial charge in [-0.1, -0.05) is 87.4 Å². The van der Waals surface area contributed by atoms with Crippen molar-refractivity contribution >= 4 is 0 Å². The summed E-state index contributed by atoms with van der Waals surface area (Å²) in [5.41, 5.74) is 2.55. The summed E-state index contributed by atoms with van der Waals surface area (Å²) in [4.78, 5) is 0. The van der Waals surface area contributed by atoms with E-state index in [-0.39, 0.29) is 0 Å². The predicted molar refractivity (Wildman–Crippen MR) is 94.6 cm³/mol. The topological polar surface area (TPSA) is 9.23 Å². The molecule has 0 saturated carbocycles. The summed E-state index contributed by atoms with van der Waals surface area (Å²) in [5.74, 6) is 0. The Morgan fingerprint density at radius 1 is 0.571 bits per heavy atom. The maximum Gasteiger partial charge on any atom is 0.0437 e. The minimum Gasteiger partial charge on any atom is -0.382 e. The number of hydrogen-bond donors (Lipinski definition) is 0. The highest BCUT2D eigenvalue weighted by Crippen LogP contribution is 2.17. The molecule has 0 unspecified atom stereocenters. The van der Waals surface area contributed by atoms with E-state index in [1.807, 2.05) is 26.0 Å². The van der Waals surface area contributed by atoms with E-state index in [2.05, 4.69) is 62.4 Å². The molecule has 21 heavy (non-hydrogen) atoms. The third kappa shape index (κ3) is 10.8. The van der Waals surface area contributed by atoms with Crippen molar-refractivity contribution in [3.63, 3.8) is 0 Å². The van der Waals surface area contributed by atoms with Crippen LogP contribution in [0.4, 0.5) is 0 Å². The van der Waals surface area contributed by atoms with Crippen molar-refractivity contribution in [3.8, 4) is 11.1 Å². The van der Waals surface area contributed by atoms with Crippen molar-refractivity contribution < 1.29 is 4.74 Å². The molecular formula is C20H30O. The van der Waals surface area contributed by atoms with E-state index in [1.54, 1.807) is 0 Å². The number of rotatable bonds is 4. The second-order valence-electron chi connectivity index (χ2n) is 4.51. The lowest BCUT2D eigenvalue weighted by Crippen LogP contribution is -1.84. The van der Waals surface area contributed by atoms with Crippen molar-refractivity contribution in [1.29, 1.82) is 0 Å². The lowest BCUT2D eigenvalue weighted by atomic mass is 10.1. The van der Waals surface area contributed by atoms with Gasteiger partial charge in [0.15, 0.2) is 0 Å². The number of benzene rings is 2. The van der Waals surface area contributed by atoms with Crippen LogP contribution in [0.5, 0.6) is 0 Å². The van der Waals surface area contributed by atoms with E-state index in [0.29, 0.717) is 0 Å². The smallest absolute Gasteiger partial charge is 0.0437 e. The van der Waals surface area contributed by atoms with Crippen molar-refractivity contribution in [3.05, 3.63) is 60.7 Å². The van der Waals surface area contributed by atoms with Gasteiger partial charge in [0.1, 0.15) is 0 Å². The van der Waals surface area contributed by atoms with Crippen LogP contribution in [0.25, 0.3) is 11.1 Å².